The number of piperazine rings is 1. The second-order valence-corrected chi connectivity index (χ2v) is 18.0. The Balaban J connectivity index is 1.75. The molecule has 0 aliphatic carbocycles. The van der Waals surface area contributed by atoms with Crippen molar-refractivity contribution in [3.63, 3.8) is 0 Å². The summed E-state index contributed by atoms with van der Waals surface area (Å²) in [5.74, 6) is -3.16. The average Bonchev–Trinajstić information content (AvgIpc) is 3.71. The molecule has 0 bridgehead atoms. The Morgan fingerprint density at radius 2 is 1.57 bits per heavy atom. The number of ether oxygens (including phenoxy) is 2. The van der Waals surface area contributed by atoms with Crippen LogP contribution in [0.2, 0.25) is 0 Å². The molecule has 2 aliphatic heterocycles. The zero-order chi connectivity index (χ0) is 44.7. The number of likely N-dealkylation sites (tertiary alicyclic amines) is 1. The zero-order valence-corrected chi connectivity index (χ0v) is 38.5. The summed E-state index contributed by atoms with van der Waals surface area (Å²) in [6.45, 7) is 20.0. The lowest BCUT2D eigenvalue weighted by molar-refractivity contribution is -0.149. The fraction of sp³-hybridized carbons (Fsp3) is 0.761. The number of carboxylic acids is 1. The van der Waals surface area contributed by atoms with Crippen LogP contribution < -0.4 is 10.6 Å². The number of amides is 3. The van der Waals surface area contributed by atoms with Crippen LogP contribution in [0.15, 0.2) is 30.3 Å². The maximum Gasteiger partial charge on any atom is 0.326 e. The van der Waals surface area contributed by atoms with E-state index >= 15 is 0 Å². The summed E-state index contributed by atoms with van der Waals surface area (Å²) in [5, 5.41) is 16.0. The van der Waals surface area contributed by atoms with E-state index in [1.165, 1.54) is 7.11 Å². The molecule has 0 radical (unpaired) electrons. The van der Waals surface area contributed by atoms with Gasteiger partial charge in [0, 0.05) is 85.8 Å². The first kappa shape index (κ1) is 50.9. The highest BCUT2D eigenvalue weighted by Crippen LogP contribution is 2.31. The third-order valence-electron chi connectivity index (χ3n) is 13.1. The lowest BCUT2D eigenvalue weighted by Gasteiger charge is -2.41. The lowest BCUT2D eigenvalue weighted by atomic mass is 9.83. The van der Waals surface area contributed by atoms with Gasteiger partial charge in [0.25, 0.3) is 0 Å². The molecule has 14 heteroatoms. The van der Waals surface area contributed by atoms with Crippen LogP contribution in [0.5, 0.6) is 0 Å². The Bertz CT molecular complexity index is 1510. The quantitative estimate of drug-likeness (QED) is 0.131. The van der Waals surface area contributed by atoms with Crippen molar-refractivity contribution in [2.75, 3.05) is 74.1 Å². The smallest absolute Gasteiger partial charge is 0.326 e. The van der Waals surface area contributed by atoms with E-state index < -0.39 is 54.0 Å². The van der Waals surface area contributed by atoms with Crippen molar-refractivity contribution in [3.05, 3.63) is 35.9 Å². The normalized spacial score (nSPS) is 20.3. The Labute approximate surface area is 360 Å². The van der Waals surface area contributed by atoms with E-state index in [0.29, 0.717) is 19.4 Å². The number of carbonyl (C=O) groups is 5. The molecule has 0 unspecified atom stereocenters. The van der Waals surface area contributed by atoms with E-state index in [1.807, 2.05) is 51.2 Å². The summed E-state index contributed by atoms with van der Waals surface area (Å²) < 4.78 is 12.0. The van der Waals surface area contributed by atoms with Gasteiger partial charge in [-0.1, -0.05) is 85.2 Å². The summed E-state index contributed by atoms with van der Waals surface area (Å²) in [7, 11) is 6.87. The van der Waals surface area contributed by atoms with Crippen LogP contribution in [0.3, 0.4) is 0 Å². The highest BCUT2D eigenvalue weighted by atomic mass is 16.5. The molecule has 3 rings (SSSR count). The minimum atomic E-state index is -1.13. The predicted molar refractivity (Wildman–Crippen MR) is 234 cm³/mol. The largest absolute Gasteiger partial charge is 0.480 e. The predicted octanol–water partition coefficient (Wildman–Crippen LogP) is 3.81. The highest BCUT2D eigenvalue weighted by molar-refractivity contribution is 5.90. The molecular formula is C46H78N6O8. The molecule has 1 aromatic carbocycles. The Morgan fingerprint density at radius 3 is 2.12 bits per heavy atom. The van der Waals surface area contributed by atoms with Crippen LogP contribution >= 0.6 is 0 Å². The summed E-state index contributed by atoms with van der Waals surface area (Å²) >= 11 is 0. The van der Waals surface area contributed by atoms with E-state index in [1.54, 1.807) is 30.9 Å². The number of ketones is 1. The molecule has 2 fully saturated rings. The number of Topliss-reactive ketones (excluding diaryl/α,β-unsaturated/α-hetero) is 1. The number of likely N-dealkylation sites (N-methyl/N-ethyl adjacent to an activating group) is 2. The van der Waals surface area contributed by atoms with Crippen LogP contribution in [0, 0.1) is 29.6 Å². The van der Waals surface area contributed by atoms with Crippen LogP contribution in [0.1, 0.15) is 86.1 Å². The second-order valence-electron chi connectivity index (χ2n) is 18.0. The summed E-state index contributed by atoms with van der Waals surface area (Å²) in [6.07, 6.45) is 1.02. The van der Waals surface area contributed by atoms with Gasteiger partial charge in [-0.15, -0.1) is 0 Å². The molecule has 60 heavy (non-hydrogen) atoms. The average molecular weight is 843 g/mol. The fourth-order valence-electron chi connectivity index (χ4n) is 9.37. The van der Waals surface area contributed by atoms with Gasteiger partial charge in [0.05, 0.1) is 42.7 Å². The second kappa shape index (κ2) is 24.9. The third kappa shape index (κ3) is 14.1. The van der Waals surface area contributed by atoms with E-state index in [4.69, 9.17) is 9.47 Å². The molecule has 3 amide bonds. The van der Waals surface area contributed by atoms with Crippen LogP contribution in [-0.2, 0) is 39.9 Å². The Hall–Kier alpha value is -3.43. The van der Waals surface area contributed by atoms with Crippen LogP contribution in [0.4, 0.5) is 0 Å². The van der Waals surface area contributed by atoms with Crippen molar-refractivity contribution in [1.29, 1.82) is 0 Å². The molecular weight excluding hydrogens is 765 g/mol. The van der Waals surface area contributed by atoms with Gasteiger partial charge in [-0.05, 0) is 43.2 Å². The first-order valence-electron chi connectivity index (χ1n) is 22.3. The van der Waals surface area contributed by atoms with Crippen molar-refractivity contribution in [1.82, 2.24) is 30.2 Å². The van der Waals surface area contributed by atoms with Crippen molar-refractivity contribution in [2.24, 2.45) is 29.6 Å². The molecule has 3 N–H and O–H groups in total. The number of methoxy groups -OCH3 is 2. The van der Waals surface area contributed by atoms with Crippen LogP contribution in [0.25, 0.3) is 0 Å². The van der Waals surface area contributed by atoms with Crippen molar-refractivity contribution in [2.45, 2.75) is 123 Å². The number of carbonyl (C=O) groups excluding carboxylic acids is 4. The van der Waals surface area contributed by atoms with E-state index in [-0.39, 0.29) is 60.7 Å². The minimum absolute atomic E-state index is 0.00732. The van der Waals surface area contributed by atoms with Gasteiger partial charge in [-0.3, -0.25) is 29.0 Å². The van der Waals surface area contributed by atoms with Crippen molar-refractivity contribution < 1.29 is 38.6 Å². The van der Waals surface area contributed by atoms with Gasteiger partial charge in [0.1, 0.15) is 6.04 Å². The number of hydrogen-bond acceptors (Lipinski definition) is 10. The SMILES string of the molecule is CC[C@H](C)[C@@H]([C@@H](CC(=O)N1CCC[C@H]1[C@H](OC)[C@@H](C)C(=O)N[C@@H](Cc1ccccc1)C(=O)O)OC)N(C)C(=O)[C@@H](CC(=O)[C@H](C(C)C)N(C)CCN1CCNCC1)C(C)C. The van der Waals surface area contributed by atoms with Crippen molar-refractivity contribution in [3.8, 4) is 0 Å². The first-order valence-corrected chi connectivity index (χ1v) is 22.3. The molecule has 2 heterocycles. The number of hydrogen-bond donors (Lipinski definition) is 3. The Kier molecular flexibility index (Phi) is 21.1. The summed E-state index contributed by atoms with van der Waals surface area (Å²) in [5.41, 5.74) is 0.789. The van der Waals surface area contributed by atoms with E-state index in [0.717, 1.165) is 51.3 Å². The van der Waals surface area contributed by atoms with Gasteiger partial charge in [0.2, 0.25) is 17.7 Å². The van der Waals surface area contributed by atoms with E-state index in [2.05, 4.69) is 48.1 Å². The molecule has 340 valence electrons. The number of aliphatic carboxylic acids is 1. The number of nitrogens with one attached hydrogen (secondary N) is 2. The molecule has 14 nitrogen and oxygen atoms in total. The molecule has 0 aromatic heterocycles. The summed E-state index contributed by atoms with van der Waals surface area (Å²) in [4.78, 5) is 76.8. The van der Waals surface area contributed by atoms with Gasteiger partial charge in [-0.2, -0.15) is 0 Å². The zero-order valence-electron chi connectivity index (χ0n) is 38.5. The monoisotopic (exact) mass is 843 g/mol. The third-order valence-corrected chi connectivity index (χ3v) is 13.1. The lowest BCUT2D eigenvalue weighted by Crippen LogP contribution is -2.55. The molecule has 0 saturated carbocycles. The highest BCUT2D eigenvalue weighted by Gasteiger charge is 2.43. The van der Waals surface area contributed by atoms with Gasteiger partial charge < -0.3 is 35.0 Å². The molecule has 0 spiro atoms. The number of rotatable bonds is 25. The maximum absolute atomic E-state index is 14.6. The Morgan fingerprint density at radius 1 is 0.917 bits per heavy atom. The summed E-state index contributed by atoms with van der Waals surface area (Å²) in [6, 6.07) is 6.83. The first-order chi connectivity index (χ1) is 28.5. The topological polar surface area (TPSA) is 161 Å². The van der Waals surface area contributed by atoms with Gasteiger partial charge >= 0.3 is 5.97 Å². The maximum atomic E-state index is 14.6. The standard InChI is InChI=1S/C46H78N6O8/c1-12-32(6)42(50(9)45(56)35(30(2)3)28-38(53)41(31(4)5)49(8)25-26-51-23-20-47-21-24-51)39(59-10)29-40(54)52-22-16-19-37(52)43(60-11)33(7)44(55)48-36(46(57)58)27-34-17-14-13-15-18-34/h13-15,17-18,30-33,35-37,39,41-43,47H,12,16,19-29H2,1-11H3,(H,48,55)(H,57,58)/t32-,33+,35-,36-,37-,39+,41-,42-,43+/m0/s1. The molecule has 2 saturated heterocycles. The van der Waals surface area contributed by atoms with Crippen molar-refractivity contribution >= 4 is 29.5 Å². The van der Waals surface area contributed by atoms with Gasteiger partial charge in [-0.25, -0.2) is 4.79 Å². The number of nitrogens with zero attached hydrogens (tertiary/aromatic N) is 4. The van der Waals surface area contributed by atoms with Crippen LogP contribution in [-0.4, -0.2) is 165 Å². The molecule has 9 atom stereocenters. The number of carboxylic acid groups (broad SMARTS) is 1. The molecule has 1 aromatic rings. The molecule has 2 aliphatic rings. The minimum Gasteiger partial charge on any atom is -0.480 e. The van der Waals surface area contributed by atoms with Gasteiger partial charge in [0.15, 0.2) is 5.78 Å². The number of benzene rings is 1. The van der Waals surface area contributed by atoms with E-state index in [9.17, 15) is 29.1 Å². The fourth-order valence-corrected chi connectivity index (χ4v) is 9.37.